The summed E-state index contributed by atoms with van der Waals surface area (Å²) in [4.78, 5) is 0. The van der Waals surface area contributed by atoms with Gasteiger partial charge in [0.1, 0.15) is 18.3 Å². The number of aliphatic hydroxyl groups is 1. The molecule has 110 valence electrons. The first-order chi connectivity index (χ1) is 9.59. The van der Waals surface area contributed by atoms with Crippen LogP contribution in [-0.4, -0.2) is 42.1 Å². The lowest BCUT2D eigenvalue weighted by Gasteiger charge is -2.25. The molecule has 20 heavy (non-hydrogen) atoms. The molecule has 0 unspecified atom stereocenters. The maximum atomic E-state index is 9.40. The minimum absolute atomic E-state index is 0.112. The van der Waals surface area contributed by atoms with Crippen LogP contribution in [0.15, 0.2) is 30.3 Å². The first kappa shape index (κ1) is 14.0. The molecule has 2 aliphatic rings. The molecule has 0 aliphatic carbocycles. The van der Waals surface area contributed by atoms with Gasteiger partial charge in [0.2, 0.25) is 0 Å². The predicted octanol–water partition coefficient (Wildman–Crippen LogP) is 1.44. The minimum atomic E-state index is -0.676. The van der Waals surface area contributed by atoms with Crippen LogP contribution < -0.4 is 0 Å². The highest BCUT2D eigenvalue weighted by Crippen LogP contribution is 2.38. The Labute approximate surface area is 118 Å². The van der Waals surface area contributed by atoms with E-state index in [-0.39, 0.29) is 18.8 Å². The fraction of sp³-hybridized carbons (Fsp3) is 0.600. The third-order valence-electron chi connectivity index (χ3n) is 3.55. The van der Waals surface area contributed by atoms with Crippen LogP contribution in [0, 0.1) is 0 Å². The fourth-order valence-electron chi connectivity index (χ4n) is 2.66. The summed E-state index contributed by atoms with van der Waals surface area (Å²) in [6.07, 6.45) is -1.51. The quantitative estimate of drug-likeness (QED) is 0.904. The average molecular weight is 280 g/mol. The van der Waals surface area contributed by atoms with Gasteiger partial charge in [-0.25, -0.2) is 0 Å². The van der Waals surface area contributed by atoms with E-state index in [9.17, 15) is 5.11 Å². The van der Waals surface area contributed by atoms with Gasteiger partial charge in [-0.15, -0.1) is 0 Å². The number of hydrogen-bond acceptors (Lipinski definition) is 5. The molecule has 1 aromatic carbocycles. The Kier molecular flexibility index (Phi) is 3.79. The summed E-state index contributed by atoms with van der Waals surface area (Å²) in [5, 5.41) is 9.40. The molecule has 0 aromatic heterocycles. The molecule has 5 nitrogen and oxygen atoms in total. The van der Waals surface area contributed by atoms with Gasteiger partial charge in [0.05, 0.1) is 13.2 Å². The zero-order valence-electron chi connectivity index (χ0n) is 11.7. The van der Waals surface area contributed by atoms with Crippen LogP contribution >= 0.6 is 0 Å². The van der Waals surface area contributed by atoms with Crippen LogP contribution in [0.25, 0.3) is 0 Å². The molecule has 2 aliphatic heterocycles. The number of aliphatic hydroxyl groups excluding tert-OH is 1. The molecule has 0 spiro atoms. The van der Waals surface area contributed by atoms with Crippen molar-refractivity contribution in [2.75, 3.05) is 6.61 Å². The van der Waals surface area contributed by atoms with Crippen molar-refractivity contribution in [3.63, 3.8) is 0 Å². The lowest BCUT2D eigenvalue weighted by molar-refractivity contribution is -0.222. The second kappa shape index (κ2) is 5.42. The van der Waals surface area contributed by atoms with E-state index in [1.165, 1.54) is 0 Å². The molecule has 2 saturated heterocycles. The minimum Gasteiger partial charge on any atom is -0.394 e. The van der Waals surface area contributed by atoms with E-state index >= 15 is 0 Å². The van der Waals surface area contributed by atoms with E-state index < -0.39 is 18.2 Å². The van der Waals surface area contributed by atoms with Gasteiger partial charge < -0.3 is 24.1 Å². The molecule has 0 amide bonds. The Hall–Kier alpha value is -0.980. The van der Waals surface area contributed by atoms with Crippen molar-refractivity contribution in [1.82, 2.24) is 0 Å². The number of rotatable bonds is 4. The van der Waals surface area contributed by atoms with Gasteiger partial charge in [-0.3, -0.25) is 0 Å². The van der Waals surface area contributed by atoms with Gasteiger partial charge in [0, 0.05) is 0 Å². The largest absolute Gasteiger partial charge is 0.394 e. The van der Waals surface area contributed by atoms with Crippen molar-refractivity contribution in [3.05, 3.63) is 35.9 Å². The maximum Gasteiger partial charge on any atom is 0.190 e. The van der Waals surface area contributed by atoms with E-state index in [1.54, 1.807) is 0 Å². The van der Waals surface area contributed by atoms with Gasteiger partial charge >= 0.3 is 0 Å². The lowest BCUT2D eigenvalue weighted by atomic mass is 10.1. The molecule has 1 aromatic rings. The van der Waals surface area contributed by atoms with Gasteiger partial charge in [-0.1, -0.05) is 30.3 Å². The predicted molar refractivity (Wildman–Crippen MR) is 70.8 cm³/mol. The molecule has 0 bridgehead atoms. The maximum absolute atomic E-state index is 9.40. The second-order valence-electron chi connectivity index (χ2n) is 5.59. The van der Waals surface area contributed by atoms with Crippen LogP contribution in [0.3, 0.4) is 0 Å². The monoisotopic (exact) mass is 280 g/mol. The summed E-state index contributed by atoms with van der Waals surface area (Å²) in [5.41, 5.74) is 1.07. The summed E-state index contributed by atoms with van der Waals surface area (Å²) in [7, 11) is 0. The second-order valence-corrected chi connectivity index (χ2v) is 5.59. The highest BCUT2D eigenvalue weighted by Gasteiger charge is 2.55. The van der Waals surface area contributed by atoms with Gasteiger partial charge in [-0.2, -0.15) is 0 Å². The van der Waals surface area contributed by atoms with E-state index in [0.717, 1.165) is 5.56 Å². The summed E-state index contributed by atoms with van der Waals surface area (Å²) in [6.45, 7) is 4.03. The number of ether oxygens (including phenoxy) is 4. The fourth-order valence-corrected chi connectivity index (χ4v) is 2.66. The van der Waals surface area contributed by atoms with Crippen molar-refractivity contribution >= 4 is 0 Å². The summed E-state index contributed by atoms with van der Waals surface area (Å²) in [5.74, 6) is -0.676. The summed E-state index contributed by atoms with van der Waals surface area (Å²) < 4.78 is 23.0. The molecule has 3 rings (SSSR count). The zero-order chi connectivity index (χ0) is 14.2. The molecule has 0 radical (unpaired) electrons. The van der Waals surface area contributed by atoms with Gasteiger partial charge in [0.25, 0.3) is 0 Å². The normalized spacial score (nSPS) is 35.1. The SMILES string of the molecule is CC1(C)O[C@@H]2O[C@H](CO)[C@H](OCc3ccccc3)[C@H]2O1. The van der Waals surface area contributed by atoms with Crippen molar-refractivity contribution < 1.29 is 24.1 Å². The van der Waals surface area contributed by atoms with Gasteiger partial charge in [-0.05, 0) is 19.4 Å². The molecule has 2 heterocycles. The summed E-state index contributed by atoms with van der Waals surface area (Å²) in [6, 6.07) is 9.89. The molecule has 0 saturated carbocycles. The molecular formula is C15H20O5. The third-order valence-corrected chi connectivity index (χ3v) is 3.55. The Balaban J connectivity index is 1.67. The zero-order valence-corrected chi connectivity index (χ0v) is 11.7. The van der Waals surface area contributed by atoms with Crippen LogP contribution in [0.5, 0.6) is 0 Å². The van der Waals surface area contributed by atoms with Crippen molar-refractivity contribution in [2.24, 2.45) is 0 Å². The van der Waals surface area contributed by atoms with Gasteiger partial charge in [0.15, 0.2) is 12.1 Å². The van der Waals surface area contributed by atoms with Crippen LogP contribution in [0.4, 0.5) is 0 Å². The van der Waals surface area contributed by atoms with Crippen molar-refractivity contribution in [1.29, 1.82) is 0 Å². The van der Waals surface area contributed by atoms with E-state index in [4.69, 9.17) is 18.9 Å². The number of benzene rings is 1. The topological polar surface area (TPSA) is 57.2 Å². The van der Waals surface area contributed by atoms with Crippen LogP contribution in [0.1, 0.15) is 19.4 Å². The van der Waals surface area contributed by atoms with Crippen molar-refractivity contribution in [2.45, 2.75) is 50.8 Å². The smallest absolute Gasteiger partial charge is 0.190 e. The molecule has 5 heteroatoms. The van der Waals surface area contributed by atoms with E-state index in [0.29, 0.717) is 6.61 Å². The molecule has 4 atom stereocenters. The van der Waals surface area contributed by atoms with Crippen LogP contribution in [-0.2, 0) is 25.6 Å². The highest BCUT2D eigenvalue weighted by atomic mass is 16.8. The summed E-state index contributed by atoms with van der Waals surface area (Å²) >= 11 is 0. The number of hydrogen-bond donors (Lipinski definition) is 1. The lowest BCUT2D eigenvalue weighted by Crippen LogP contribution is -2.38. The Morgan fingerprint density at radius 2 is 1.95 bits per heavy atom. The third kappa shape index (κ3) is 2.73. The Morgan fingerprint density at radius 1 is 1.20 bits per heavy atom. The first-order valence-electron chi connectivity index (χ1n) is 6.86. The standard InChI is InChI=1S/C15H20O5/c1-15(2)19-13-12(11(8-16)18-14(13)20-15)17-9-10-6-4-3-5-7-10/h3-7,11-14,16H,8-9H2,1-2H3/t11-,12+,13-,14+/m1/s1. The average Bonchev–Trinajstić information content (AvgIpc) is 2.89. The van der Waals surface area contributed by atoms with Crippen LogP contribution in [0.2, 0.25) is 0 Å². The number of fused-ring (bicyclic) bond motifs is 1. The molecule has 1 N–H and O–H groups in total. The van der Waals surface area contributed by atoms with E-state index in [1.807, 2.05) is 44.2 Å². The van der Waals surface area contributed by atoms with E-state index in [2.05, 4.69) is 0 Å². The molecule has 2 fully saturated rings. The van der Waals surface area contributed by atoms with Crippen molar-refractivity contribution in [3.8, 4) is 0 Å². The molecular weight excluding hydrogens is 260 g/mol. The Morgan fingerprint density at radius 3 is 2.65 bits per heavy atom. The first-order valence-corrected chi connectivity index (χ1v) is 6.86. The highest BCUT2D eigenvalue weighted by molar-refractivity contribution is 5.13. The Bertz CT molecular complexity index is 447.